The van der Waals surface area contributed by atoms with Gasteiger partial charge < -0.3 is 4.90 Å². The first-order valence-corrected chi connectivity index (χ1v) is 12.0. The van der Waals surface area contributed by atoms with Crippen molar-refractivity contribution in [3.63, 3.8) is 0 Å². The lowest BCUT2D eigenvalue weighted by Gasteiger charge is -2.33. The monoisotopic (exact) mass is 435 g/mol. The third kappa shape index (κ3) is 4.66. The molecule has 0 amide bonds. The maximum absolute atomic E-state index is 13.5. The van der Waals surface area contributed by atoms with Crippen LogP contribution in [0.15, 0.2) is 77.7 Å². The first-order valence-electron chi connectivity index (χ1n) is 10.6. The molecule has 6 heteroatoms. The summed E-state index contributed by atoms with van der Waals surface area (Å²) < 4.78 is 28.6. The van der Waals surface area contributed by atoms with Crippen molar-refractivity contribution in [1.29, 1.82) is 0 Å². The smallest absolute Gasteiger partial charge is 0.243 e. The molecule has 0 unspecified atom stereocenters. The van der Waals surface area contributed by atoms with Gasteiger partial charge in [0, 0.05) is 63.3 Å². The van der Waals surface area contributed by atoms with Crippen LogP contribution in [0, 0.1) is 0 Å². The predicted octanol–water partition coefficient (Wildman–Crippen LogP) is 3.93. The first-order chi connectivity index (χ1) is 15.0. The maximum Gasteiger partial charge on any atom is 0.243 e. The van der Waals surface area contributed by atoms with Gasteiger partial charge in [-0.25, -0.2) is 8.42 Å². The Labute approximate surface area is 185 Å². The standard InChI is InChI=1S/C25H29N3O2S/c1-26(2)24-14-6-13-23-22(24)12-7-15-25(23)31(29,30)28-19-17-27(18-20-28)16-8-11-21-9-4-3-5-10-21/h3-15H,16-20H2,1-2H3/b11-8-. The Morgan fingerprint density at radius 3 is 2.23 bits per heavy atom. The van der Waals surface area contributed by atoms with E-state index in [9.17, 15) is 8.42 Å². The van der Waals surface area contributed by atoms with E-state index in [0.717, 1.165) is 36.1 Å². The van der Waals surface area contributed by atoms with Crippen LogP contribution in [-0.4, -0.2) is 64.4 Å². The number of hydrogen-bond acceptors (Lipinski definition) is 4. The fourth-order valence-electron chi connectivity index (χ4n) is 4.07. The minimum atomic E-state index is -3.55. The summed E-state index contributed by atoms with van der Waals surface area (Å²) in [4.78, 5) is 4.70. The van der Waals surface area contributed by atoms with Gasteiger partial charge in [-0.3, -0.25) is 4.90 Å². The van der Waals surface area contributed by atoms with E-state index in [1.165, 1.54) is 5.56 Å². The molecule has 0 atom stereocenters. The summed E-state index contributed by atoms with van der Waals surface area (Å²) in [7, 11) is 0.399. The lowest BCUT2D eigenvalue weighted by molar-refractivity contribution is 0.204. The summed E-state index contributed by atoms with van der Waals surface area (Å²) in [6.45, 7) is 3.29. The molecule has 1 saturated heterocycles. The molecular weight excluding hydrogens is 406 g/mol. The van der Waals surface area contributed by atoms with Crippen LogP contribution in [0.2, 0.25) is 0 Å². The van der Waals surface area contributed by atoms with Gasteiger partial charge in [-0.05, 0) is 17.7 Å². The second-order valence-corrected chi connectivity index (χ2v) is 9.95. The van der Waals surface area contributed by atoms with E-state index in [1.807, 2.05) is 67.5 Å². The van der Waals surface area contributed by atoms with Crippen molar-refractivity contribution in [2.45, 2.75) is 4.90 Å². The number of anilines is 1. The molecule has 0 radical (unpaired) electrons. The van der Waals surface area contributed by atoms with Gasteiger partial charge in [-0.2, -0.15) is 4.31 Å². The quantitative estimate of drug-likeness (QED) is 0.589. The molecule has 1 fully saturated rings. The minimum Gasteiger partial charge on any atom is -0.377 e. The highest BCUT2D eigenvalue weighted by atomic mass is 32.2. The van der Waals surface area contributed by atoms with Crippen molar-refractivity contribution < 1.29 is 8.42 Å². The SMILES string of the molecule is CN(C)c1cccc2c(S(=O)(=O)N3CCN(C/C=C\c4ccccc4)CC3)cccc12. The normalized spacial score (nSPS) is 16.2. The lowest BCUT2D eigenvalue weighted by Crippen LogP contribution is -2.48. The Morgan fingerprint density at radius 1 is 0.839 bits per heavy atom. The largest absolute Gasteiger partial charge is 0.377 e. The average molecular weight is 436 g/mol. The van der Waals surface area contributed by atoms with Crippen molar-refractivity contribution in [3.05, 3.63) is 78.4 Å². The molecule has 1 aliphatic rings. The Kier molecular flexibility index (Phi) is 6.41. The summed E-state index contributed by atoms with van der Waals surface area (Å²) in [6.07, 6.45) is 4.26. The molecule has 31 heavy (non-hydrogen) atoms. The van der Waals surface area contributed by atoms with Crippen molar-refractivity contribution in [3.8, 4) is 0 Å². The molecule has 0 spiro atoms. The van der Waals surface area contributed by atoms with Crippen molar-refractivity contribution >= 4 is 32.6 Å². The summed E-state index contributed by atoms with van der Waals surface area (Å²) in [6, 6.07) is 21.6. The van der Waals surface area contributed by atoms with Gasteiger partial charge >= 0.3 is 0 Å². The van der Waals surface area contributed by atoms with Crippen molar-refractivity contribution in [1.82, 2.24) is 9.21 Å². The highest BCUT2D eigenvalue weighted by molar-refractivity contribution is 7.89. The zero-order chi connectivity index (χ0) is 21.8. The minimum absolute atomic E-state index is 0.395. The predicted molar refractivity (Wildman–Crippen MR) is 129 cm³/mol. The van der Waals surface area contributed by atoms with E-state index in [0.29, 0.717) is 18.0 Å². The first kappa shape index (κ1) is 21.6. The number of nitrogens with zero attached hydrogens (tertiary/aromatic N) is 3. The van der Waals surface area contributed by atoms with Crippen LogP contribution in [0.3, 0.4) is 0 Å². The summed E-state index contributed by atoms with van der Waals surface area (Å²) in [5.74, 6) is 0. The summed E-state index contributed by atoms with van der Waals surface area (Å²) in [5.41, 5.74) is 2.20. The zero-order valence-electron chi connectivity index (χ0n) is 18.1. The molecule has 1 aliphatic heterocycles. The second kappa shape index (κ2) is 9.22. The van der Waals surface area contributed by atoms with Crippen LogP contribution in [0.25, 0.3) is 16.8 Å². The van der Waals surface area contributed by atoms with Crippen molar-refractivity contribution in [2.24, 2.45) is 0 Å². The summed E-state index contributed by atoms with van der Waals surface area (Å²) >= 11 is 0. The third-order valence-electron chi connectivity index (χ3n) is 5.76. The fraction of sp³-hybridized carbons (Fsp3) is 0.280. The molecule has 162 valence electrons. The van der Waals surface area contributed by atoms with E-state index in [-0.39, 0.29) is 0 Å². The van der Waals surface area contributed by atoms with E-state index in [1.54, 1.807) is 10.4 Å². The second-order valence-electron chi connectivity index (χ2n) is 8.04. The van der Waals surface area contributed by atoms with Gasteiger partial charge in [0.2, 0.25) is 10.0 Å². The van der Waals surface area contributed by atoms with Crippen LogP contribution < -0.4 is 4.90 Å². The maximum atomic E-state index is 13.5. The van der Waals surface area contributed by atoms with Crippen LogP contribution in [0.4, 0.5) is 5.69 Å². The van der Waals surface area contributed by atoms with Crippen LogP contribution in [0.5, 0.6) is 0 Å². The number of rotatable bonds is 6. The van der Waals surface area contributed by atoms with Crippen LogP contribution >= 0.6 is 0 Å². The Hall–Kier alpha value is -2.67. The Balaban J connectivity index is 1.47. The number of sulfonamides is 1. The van der Waals surface area contributed by atoms with Gasteiger partial charge in [0.25, 0.3) is 0 Å². The van der Waals surface area contributed by atoms with E-state index in [2.05, 4.69) is 29.2 Å². The molecule has 5 nitrogen and oxygen atoms in total. The Bertz CT molecular complexity index is 1170. The molecule has 4 rings (SSSR count). The van der Waals surface area contributed by atoms with Gasteiger partial charge in [-0.1, -0.05) is 66.7 Å². The Morgan fingerprint density at radius 2 is 1.52 bits per heavy atom. The fourth-order valence-corrected chi connectivity index (χ4v) is 5.70. The number of piperazine rings is 1. The lowest BCUT2D eigenvalue weighted by atomic mass is 10.1. The molecule has 0 aliphatic carbocycles. The van der Waals surface area contributed by atoms with Crippen LogP contribution in [0.1, 0.15) is 5.56 Å². The third-order valence-corrected chi connectivity index (χ3v) is 7.72. The molecule has 0 aromatic heterocycles. The molecule has 3 aromatic carbocycles. The number of fused-ring (bicyclic) bond motifs is 1. The van der Waals surface area contributed by atoms with Gasteiger partial charge in [0.05, 0.1) is 4.90 Å². The van der Waals surface area contributed by atoms with E-state index in [4.69, 9.17) is 0 Å². The molecule has 0 bridgehead atoms. The van der Waals surface area contributed by atoms with E-state index < -0.39 is 10.0 Å². The zero-order valence-corrected chi connectivity index (χ0v) is 18.9. The van der Waals surface area contributed by atoms with Gasteiger partial charge in [-0.15, -0.1) is 0 Å². The van der Waals surface area contributed by atoms with E-state index >= 15 is 0 Å². The molecule has 3 aromatic rings. The molecular formula is C25H29N3O2S. The van der Waals surface area contributed by atoms with Crippen molar-refractivity contribution in [2.75, 3.05) is 51.7 Å². The highest BCUT2D eigenvalue weighted by Crippen LogP contribution is 2.31. The summed E-state index contributed by atoms with van der Waals surface area (Å²) in [5, 5.41) is 1.74. The molecule has 0 N–H and O–H groups in total. The molecule has 1 heterocycles. The number of hydrogen-bond donors (Lipinski definition) is 0. The van der Waals surface area contributed by atoms with Gasteiger partial charge in [0.15, 0.2) is 0 Å². The number of benzene rings is 3. The average Bonchev–Trinajstić information content (AvgIpc) is 2.79. The highest BCUT2D eigenvalue weighted by Gasteiger charge is 2.29. The molecule has 0 saturated carbocycles. The van der Waals surface area contributed by atoms with Gasteiger partial charge in [0.1, 0.15) is 0 Å². The van der Waals surface area contributed by atoms with Crippen LogP contribution in [-0.2, 0) is 10.0 Å². The topological polar surface area (TPSA) is 43.9 Å².